The van der Waals surface area contributed by atoms with E-state index in [1.54, 1.807) is 0 Å². The van der Waals surface area contributed by atoms with Crippen molar-refractivity contribution in [1.29, 1.82) is 0 Å². The summed E-state index contributed by atoms with van der Waals surface area (Å²) in [5.41, 5.74) is 4.35. The minimum absolute atomic E-state index is 0.560. The highest BCUT2D eigenvalue weighted by atomic mass is 127. The van der Waals surface area contributed by atoms with Crippen LogP contribution in [0, 0.1) is 7.14 Å². The van der Waals surface area contributed by atoms with E-state index in [0.29, 0.717) is 11.8 Å². The second-order valence-electron chi connectivity index (χ2n) is 5.67. The minimum atomic E-state index is 0.560. The topological polar surface area (TPSA) is 0 Å². The second-order valence-corrected chi connectivity index (χ2v) is 8.08. The normalized spacial score (nSPS) is 12.7. The molecule has 0 saturated carbocycles. The SMILES string of the molecule is CC(C)c1cc(CC(C)c2cccc(I)c2)ccc1I. The first-order valence-corrected chi connectivity index (χ1v) is 9.17. The van der Waals surface area contributed by atoms with Gasteiger partial charge in [0.15, 0.2) is 0 Å². The third-order valence-electron chi connectivity index (χ3n) is 3.64. The summed E-state index contributed by atoms with van der Waals surface area (Å²) in [4.78, 5) is 0. The maximum Gasteiger partial charge on any atom is 0.0165 e. The lowest BCUT2D eigenvalue weighted by molar-refractivity contribution is 0.754. The predicted octanol–water partition coefficient (Wildman–Crippen LogP) is 6.37. The Kier molecular flexibility index (Phi) is 5.90. The van der Waals surface area contributed by atoms with E-state index >= 15 is 0 Å². The molecule has 0 saturated heterocycles. The molecule has 0 amide bonds. The van der Waals surface area contributed by atoms with Crippen molar-refractivity contribution in [2.45, 2.75) is 39.0 Å². The number of benzene rings is 2. The van der Waals surface area contributed by atoms with Gasteiger partial charge in [-0.2, -0.15) is 0 Å². The summed E-state index contributed by atoms with van der Waals surface area (Å²) in [5.74, 6) is 1.15. The van der Waals surface area contributed by atoms with E-state index < -0.39 is 0 Å². The molecule has 0 bridgehead atoms. The summed E-state index contributed by atoms with van der Waals surface area (Å²) in [6.45, 7) is 6.85. The molecular formula is C18H20I2. The zero-order chi connectivity index (χ0) is 14.7. The maximum absolute atomic E-state index is 2.44. The van der Waals surface area contributed by atoms with Crippen LogP contribution in [-0.4, -0.2) is 0 Å². The van der Waals surface area contributed by atoms with Gasteiger partial charge in [-0.15, -0.1) is 0 Å². The summed E-state index contributed by atoms with van der Waals surface area (Å²) in [7, 11) is 0. The molecule has 2 aromatic carbocycles. The first kappa shape index (κ1) is 16.3. The summed E-state index contributed by atoms with van der Waals surface area (Å²) in [6.07, 6.45) is 1.11. The van der Waals surface area contributed by atoms with Crippen LogP contribution in [0.1, 0.15) is 49.3 Å². The van der Waals surface area contributed by atoms with Gasteiger partial charge in [0.1, 0.15) is 0 Å². The largest absolute Gasteiger partial charge is 0.0609 e. The summed E-state index contributed by atoms with van der Waals surface area (Å²) in [5, 5.41) is 0. The van der Waals surface area contributed by atoms with Crippen molar-refractivity contribution in [2.75, 3.05) is 0 Å². The molecule has 0 heterocycles. The quantitative estimate of drug-likeness (QED) is 0.438. The van der Waals surface area contributed by atoms with Crippen LogP contribution in [0.5, 0.6) is 0 Å². The van der Waals surface area contributed by atoms with Crippen LogP contribution in [0.3, 0.4) is 0 Å². The van der Waals surface area contributed by atoms with Gasteiger partial charge >= 0.3 is 0 Å². The maximum atomic E-state index is 2.44. The van der Waals surface area contributed by atoms with E-state index in [4.69, 9.17) is 0 Å². The first-order valence-electron chi connectivity index (χ1n) is 7.01. The highest BCUT2D eigenvalue weighted by Gasteiger charge is 2.10. The fraction of sp³-hybridized carbons (Fsp3) is 0.333. The van der Waals surface area contributed by atoms with Crippen LogP contribution in [0.2, 0.25) is 0 Å². The monoisotopic (exact) mass is 490 g/mol. The molecule has 0 aliphatic rings. The van der Waals surface area contributed by atoms with E-state index in [-0.39, 0.29) is 0 Å². The van der Waals surface area contributed by atoms with Gasteiger partial charge in [-0.25, -0.2) is 0 Å². The van der Waals surface area contributed by atoms with Crippen LogP contribution in [0.15, 0.2) is 42.5 Å². The lowest BCUT2D eigenvalue weighted by atomic mass is 9.92. The van der Waals surface area contributed by atoms with Gasteiger partial charge in [0.25, 0.3) is 0 Å². The zero-order valence-corrected chi connectivity index (χ0v) is 16.5. The van der Waals surface area contributed by atoms with E-state index in [1.165, 1.54) is 23.8 Å². The van der Waals surface area contributed by atoms with Crippen molar-refractivity contribution >= 4 is 45.2 Å². The fourth-order valence-electron chi connectivity index (χ4n) is 2.45. The minimum Gasteiger partial charge on any atom is -0.0609 e. The van der Waals surface area contributed by atoms with Crippen molar-refractivity contribution in [2.24, 2.45) is 0 Å². The number of hydrogen-bond donors (Lipinski definition) is 0. The average Bonchev–Trinajstić information content (AvgIpc) is 2.40. The van der Waals surface area contributed by atoms with Crippen LogP contribution in [0.25, 0.3) is 0 Å². The molecule has 1 atom stereocenters. The Morgan fingerprint density at radius 3 is 2.35 bits per heavy atom. The third kappa shape index (κ3) is 4.20. The number of halogens is 2. The Balaban J connectivity index is 2.19. The molecule has 2 heteroatoms. The summed E-state index contributed by atoms with van der Waals surface area (Å²) in [6, 6.07) is 15.8. The van der Waals surface area contributed by atoms with Gasteiger partial charge in [0, 0.05) is 7.14 Å². The number of hydrogen-bond acceptors (Lipinski definition) is 0. The van der Waals surface area contributed by atoms with Crippen molar-refractivity contribution in [3.05, 3.63) is 66.3 Å². The van der Waals surface area contributed by atoms with Crippen LogP contribution < -0.4 is 0 Å². The van der Waals surface area contributed by atoms with Crippen LogP contribution >= 0.6 is 45.2 Å². The molecule has 0 aliphatic heterocycles. The van der Waals surface area contributed by atoms with E-state index in [2.05, 4.69) is 108 Å². The Morgan fingerprint density at radius 2 is 1.70 bits per heavy atom. The lowest BCUT2D eigenvalue weighted by Crippen LogP contribution is -2.01. The summed E-state index contributed by atoms with van der Waals surface area (Å²) >= 11 is 4.83. The van der Waals surface area contributed by atoms with Gasteiger partial charge in [-0.05, 0) is 98.3 Å². The van der Waals surface area contributed by atoms with Gasteiger partial charge in [-0.3, -0.25) is 0 Å². The predicted molar refractivity (Wildman–Crippen MR) is 105 cm³/mol. The van der Waals surface area contributed by atoms with Crippen LogP contribution in [-0.2, 0) is 6.42 Å². The van der Waals surface area contributed by atoms with Crippen LogP contribution in [0.4, 0.5) is 0 Å². The average molecular weight is 490 g/mol. The zero-order valence-electron chi connectivity index (χ0n) is 12.2. The standard InChI is InChI=1S/C18H20I2/c1-12(2)17-10-14(7-8-18(17)20)9-13(3)15-5-4-6-16(19)11-15/h4-8,10-13H,9H2,1-3H3. The first-order chi connectivity index (χ1) is 9.47. The van der Waals surface area contributed by atoms with Crippen molar-refractivity contribution in [3.63, 3.8) is 0 Å². The van der Waals surface area contributed by atoms with Crippen molar-refractivity contribution < 1.29 is 0 Å². The molecule has 0 spiro atoms. The molecule has 1 unspecified atom stereocenters. The highest BCUT2D eigenvalue weighted by Crippen LogP contribution is 2.26. The van der Waals surface area contributed by atoms with Gasteiger partial charge in [0.2, 0.25) is 0 Å². The molecule has 0 aliphatic carbocycles. The highest BCUT2D eigenvalue weighted by molar-refractivity contribution is 14.1. The third-order valence-corrected chi connectivity index (χ3v) is 5.30. The van der Waals surface area contributed by atoms with Gasteiger partial charge in [0.05, 0.1) is 0 Å². The Labute approximate surface area is 149 Å². The molecule has 2 aromatic rings. The Morgan fingerprint density at radius 1 is 0.950 bits per heavy atom. The van der Waals surface area contributed by atoms with Gasteiger partial charge in [-0.1, -0.05) is 45.0 Å². The molecule has 106 valence electrons. The smallest absolute Gasteiger partial charge is 0.0165 e. The van der Waals surface area contributed by atoms with Crippen molar-refractivity contribution in [3.8, 4) is 0 Å². The number of rotatable bonds is 4. The Hall–Kier alpha value is -0.100. The molecule has 2 rings (SSSR count). The second kappa shape index (κ2) is 7.25. The van der Waals surface area contributed by atoms with E-state index in [9.17, 15) is 0 Å². The van der Waals surface area contributed by atoms with Crippen molar-refractivity contribution in [1.82, 2.24) is 0 Å². The molecule has 0 nitrogen and oxygen atoms in total. The molecule has 0 aromatic heterocycles. The van der Waals surface area contributed by atoms with E-state index in [1.807, 2.05) is 0 Å². The molecule has 0 radical (unpaired) electrons. The Bertz CT molecular complexity index is 588. The molecular weight excluding hydrogens is 470 g/mol. The van der Waals surface area contributed by atoms with E-state index in [0.717, 1.165) is 6.42 Å². The molecule has 20 heavy (non-hydrogen) atoms. The summed E-state index contributed by atoms with van der Waals surface area (Å²) < 4.78 is 2.70. The molecule has 0 N–H and O–H groups in total. The van der Waals surface area contributed by atoms with Gasteiger partial charge < -0.3 is 0 Å². The fourth-order valence-corrected chi connectivity index (χ4v) is 3.97. The lowest BCUT2D eigenvalue weighted by Gasteiger charge is -2.15. The molecule has 0 fully saturated rings.